The highest BCUT2D eigenvalue weighted by Gasteiger charge is 2.35. The first-order chi connectivity index (χ1) is 4.25. The average molecular weight is 126 g/mol. The summed E-state index contributed by atoms with van der Waals surface area (Å²) >= 11 is 0. The van der Waals surface area contributed by atoms with Crippen molar-refractivity contribution in [1.82, 2.24) is 0 Å². The van der Waals surface area contributed by atoms with Crippen LogP contribution >= 0.6 is 0 Å². The van der Waals surface area contributed by atoms with E-state index in [0.29, 0.717) is 0 Å². The third-order valence-electron chi connectivity index (χ3n) is 1.49. The Morgan fingerprint density at radius 3 is 3.00 bits per heavy atom. The summed E-state index contributed by atoms with van der Waals surface area (Å²) in [4.78, 5) is 10.2. The molecule has 0 aromatic rings. The Hall–Kier alpha value is -0.790. The minimum absolute atomic E-state index is 0.134. The molecule has 0 aromatic heterocycles. The van der Waals surface area contributed by atoms with Crippen LogP contribution in [0.4, 0.5) is 0 Å². The van der Waals surface area contributed by atoms with Gasteiger partial charge in [0.2, 0.25) is 0 Å². The van der Waals surface area contributed by atoms with Crippen LogP contribution in [-0.2, 0) is 4.79 Å². The lowest BCUT2D eigenvalue weighted by Gasteiger charge is -1.79. The molecule has 1 rings (SSSR count). The molecule has 1 saturated carbocycles. The molecule has 1 aliphatic carbocycles. The van der Waals surface area contributed by atoms with Crippen molar-refractivity contribution in [2.45, 2.75) is 19.8 Å². The number of hydrogen-bond donors (Lipinski definition) is 1. The smallest absolute Gasteiger partial charge is 0.310 e. The van der Waals surface area contributed by atoms with E-state index in [1.807, 2.05) is 13.0 Å². The van der Waals surface area contributed by atoms with Crippen LogP contribution in [-0.4, -0.2) is 11.1 Å². The maximum atomic E-state index is 10.2. The van der Waals surface area contributed by atoms with Crippen molar-refractivity contribution in [2.75, 3.05) is 0 Å². The number of rotatable bonds is 2. The predicted molar refractivity (Wildman–Crippen MR) is 34.1 cm³/mol. The molecule has 1 aliphatic rings. The van der Waals surface area contributed by atoms with E-state index in [-0.39, 0.29) is 5.92 Å². The van der Waals surface area contributed by atoms with E-state index < -0.39 is 5.97 Å². The van der Waals surface area contributed by atoms with Gasteiger partial charge in [-0.2, -0.15) is 0 Å². The molecule has 2 nitrogen and oxygen atoms in total. The first-order valence-electron chi connectivity index (χ1n) is 3.17. The lowest BCUT2D eigenvalue weighted by atomic mass is 10.3. The number of allylic oxidation sites excluding steroid dienone is 1. The topological polar surface area (TPSA) is 37.3 Å². The van der Waals surface area contributed by atoms with E-state index in [4.69, 9.17) is 5.11 Å². The van der Waals surface area contributed by atoms with Gasteiger partial charge in [-0.1, -0.05) is 18.6 Å². The molecule has 1 N–H and O–H groups in total. The molecular formula is C7H10O2. The minimum atomic E-state index is -0.672. The second kappa shape index (κ2) is 2.21. The van der Waals surface area contributed by atoms with Gasteiger partial charge in [0.05, 0.1) is 5.92 Å². The van der Waals surface area contributed by atoms with Gasteiger partial charge in [-0.25, -0.2) is 0 Å². The van der Waals surface area contributed by atoms with Crippen LogP contribution in [0, 0.1) is 5.92 Å². The van der Waals surface area contributed by atoms with Crippen molar-refractivity contribution >= 4 is 5.97 Å². The average Bonchev–Trinajstić information content (AvgIpc) is 2.47. The number of aliphatic carboxylic acids is 1. The Bertz CT molecular complexity index is 158. The van der Waals surface area contributed by atoms with Crippen LogP contribution in [0.2, 0.25) is 0 Å². The first-order valence-corrected chi connectivity index (χ1v) is 3.17. The van der Waals surface area contributed by atoms with E-state index in [9.17, 15) is 4.79 Å². The fraction of sp³-hybridized carbons (Fsp3) is 0.571. The first kappa shape index (κ1) is 6.33. The molecule has 1 unspecified atom stereocenters. The SMILES string of the molecule is CC/C=C1/CC1C(=O)O. The van der Waals surface area contributed by atoms with Gasteiger partial charge in [-0.3, -0.25) is 4.79 Å². The standard InChI is InChI=1S/C7H10O2/c1-2-3-5-4-6(5)7(8)9/h3,6H,2,4H2,1H3,(H,8,9)/b5-3-. The van der Waals surface area contributed by atoms with E-state index in [2.05, 4.69) is 0 Å². The van der Waals surface area contributed by atoms with Crippen molar-refractivity contribution in [3.8, 4) is 0 Å². The van der Waals surface area contributed by atoms with Crippen LogP contribution < -0.4 is 0 Å². The van der Waals surface area contributed by atoms with Crippen molar-refractivity contribution in [2.24, 2.45) is 5.92 Å². The summed E-state index contributed by atoms with van der Waals surface area (Å²) in [6, 6.07) is 0. The predicted octanol–water partition coefficient (Wildman–Crippen LogP) is 1.43. The van der Waals surface area contributed by atoms with E-state index in [1.165, 1.54) is 0 Å². The van der Waals surface area contributed by atoms with Crippen LogP contribution in [0.25, 0.3) is 0 Å². The fourth-order valence-corrected chi connectivity index (χ4v) is 0.910. The summed E-state index contributed by atoms with van der Waals surface area (Å²) in [5.41, 5.74) is 1.10. The molecule has 0 saturated heterocycles. The third kappa shape index (κ3) is 1.31. The molecule has 0 bridgehead atoms. The van der Waals surface area contributed by atoms with E-state index in [0.717, 1.165) is 18.4 Å². The zero-order chi connectivity index (χ0) is 6.85. The Morgan fingerprint density at radius 2 is 2.67 bits per heavy atom. The van der Waals surface area contributed by atoms with Crippen LogP contribution in [0.15, 0.2) is 11.6 Å². The zero-order valence-corrected chi connectivity index (χ0v) is 5.42. The highest BCUT2D eigenvalue weighted by atomic mass is 16.4. The summed E-state index contributed by atoms with van der Waals surface area (Å²) in [6.45, 7) is 2.02. The monoisotopic (exact) mass is 126 g/mol. The van der Waals surface area contributed by atoms with E-state index >= 15 is 0 Å². The minimum Gasteiger partial charge on any atom is -0.481 e. The Kier molecular flexibility index (Phi) is 1.56. The second-order valence-electron chi connectivity index (χ2n) is 2.28. The van der Waals surface area contributed by atoms with Gasteiger partial charge in [-0.05, 0) is 12.8 Å². The van der Waals surface area contributed by atoms with Crippen molar-refractivity contribution in [3.63, 3.8) is 0 Å². The maximum Gasteiger partial charge on any atom is 0.310 e. The zero-order valence-electron chi connectivity index (χ0n) is 5.42. The Balaban J connectivity index is 2.41. The molecule has 0 aromatic carbocycles. The highest BCUT2D eigenvalue weighted by Crippen LogP contribution is 2.37. The third-order valence-corrected chi connectivity index (χ3v) is 1.49. The number of carbonyl (C=O) groups is 1. The van der Waals surface area contributed by atoms with Gasteiger partial charge < -0.3 is 5.11 Å². The number of carboxylic acids is 1. The van der Waals surface area contributed by atoms with Gasteiger partial charge in [-0.15, -0.1) is 0 Å². The van der Waals surface area contributed by atoms with Crippen LogP contribution in [0.1, 0.15) is 19.8 Å². The largest absolute Gasteiger partial charge is 0.481 e. The molecule has 0 radical (unpaired) electrons. The van der Waals surface area contributed by atoms with E-state index in [1.54, 1.807) is 0 Å². The molecule has 0 amide bonds. The van der Waals surface area contributed by atoms with Gasteiger partial charge in [0.15, 0.2) is 0 Å². The second-order valence-corrected chi connectivity index (χ2v) is 2.28. The molecule has 0 heterocycles. The Labute approximate surface area is 54.2 Å². The Morgan fingerprint density at radius 1 is 2.00 bits per heavy atom. The lowest BCUT2D eigenvalue weighted by Crippen LogP contribution is -1.95. The summed E-state index contributed by atoms with van der Waals surface area (Å²) in [5.74, 6) is -0.806. The molecule has 2 heteroatoms. The molecule has 0 aliphatic heterocycles. The van der Waals surface area contributed by atoms with Crippen LogP contribution in [0.5, 0.6) is 0 Å². The molecule has 0 spiro atoms. The molecule has 1 atom stereocenters. The van der Waals surface area contributed by atoms with Crippen molar-refractivity contribution in [3.05, 3.63) is 11.6 Å². The van der Waals surface area contributed by atoms with Gasteiger partial charge in [0.25, 0.3) is 0 Å². The number of carboxylic acid groups (broad SMARTS) is 1. The molecule has 9 heavy (non-hydrogen) atoms. The highest BCUT2D eigenvalue weighted by molar-refractivity contribution is 5.79. The van der Waals surface area contributed by atoms with Gasteiger partial charge in [0.1, 0.15) is 0 Å². The van der Waals surface area contributed by atoms with Crippen molar-refractivity contribution < 1.29 is 9.90 Å². The molecule has 1 fully saturated rings. The van der Waals surface area contributed by atoms with Gasteiger partial charge >= 0.3 is 5.97 Å². The lowest BCUT2D eigenvalue weighted by molar-refractivity contribution is -0.138. The normalized spacial score (nSPS) is 28.6. The van der Waals surface area contributed by atoms with Crippen molar-refractivity contribution in [1.29, 1.82) is 0 Å². The van der Waals surface area contributed by atoms with Crippen LogP contribution in [0.3, 0.4) is 0 Å². The quantitative estimate of drug-likeness (QED) is 0.568. The number of hydrogen-bond acceptors (Lipinski definition) is 1. The summed E-state index contributed by atoms with van der Waals surface area (Å²) in [7, 11) is 0. The fourth-order valence-electron chi connectivity index (χ4n) is 0.910. The summed E-state index contributed by atoms with van der Waals surface area (Å²) < 4.78 is 0. The molecular weight excluding hydrogens is 116 g/mol. The maximum absolute atomic E-state index is 10.2. The van der Waals surface area contributed by atoms with Gasteiger partial charge in [0, 0.05) is 0 Å². The molecule has 50 valence electrons. The summed E-state index contributed by atoms with van der Waals surface area (Å²) in [5, 5.41) is 8.41. The summed E-state index contributed by atoms with van der Waals surface area (Å²) in [6.07, 6.45) is 3.74.